The summed E-state index contributed by atoms with van der Waals surface area (Å²) in [7, 11) is 0. The first-order valence-corrected chi connectivity index (χ1v) is 8.51. The molecule has 122 valence electrons. The summed E-state index contributed by atoms with van der Waals surface area (Å²) in [6.45, 7) is 4.31. The highest BCUT2D eigenvalue weighted by Gasteiger charge is 2.54. The first-order valence-electron chi connectivity index (χ1n) is 8.51. The number of hydrogen-bond acceptors (Lipinski definition) is 2. The average Bonchev–Trinajstić information content (AvgIpc) is 3.27. The lowest BCUT2D eigenvalue weighted by molar-refractivity contribution is 0.0343. The Hall–Kier alpha value is -1.64. The zero-order chi connectivity index (χ0) is 16.5. The van der Waals surface area contributed by atoms with E-state index >= 15 is 0 Å². The lowest BCUT2D eigenvalue weighted by Gasteiger charge is -2.31. The molecule has 3 rings (SSSR count). The molecule has 2 N–H and O–H groups in total. The van der Waals surface area contributed by atoms with Crippen molar-refractivity contribution < 1.29 is 10.2 Å². The highest BCUT2D eigenvalue weighted by molar-refractivity contribution is 5.36. The van der Waals surface area contributed by atoms with Crippen LogP contribution in [0.1, 0.15) is 44.2 Å². The molecule has 1 aliphatic rings. The topological polar surface area (TPSA) is 40.5 Å². The van der Waals surface area contributed by atoms with Crippen molar-refractivity contribution in [3.8, 4) is 0 Å². The number of benzene rings is 2. The van der Waals surface area contributed by atoms with Crippen LogP contribution in [0, 0.1) is 11.8 Å². The number of hydrogen-bond donors (Lipinski definition) is 2. The van der Waals surface area contributed by atoms with Gasteiger partial charge < -0.3 is 10.2 Å². The van der Waals surface area contributed by atoms with Gasteiger partial charge in [0, 0.05) is 0 Å². The van der Waals surface area contributed by atoms with Gasteiger partial charge in [-0.05, 0) is 42.2 Å². The van der Waals surface area contributed by atoms with E-state index < -0.39 is 11.2 Å². The maximum absolute atomic E-state index is 11.5. The molecule has 1 saturated carbocycles. The van der Waals surface area contributed by atoms with Crippen molar-refractivity contribution in [3.63, 3.8) is 0 Å². The second-order valence-corrected chi connectivity index (χ2v) is 7.25. The van der Waals surface area contributed by atoms with Crippen molar-refractivity contribution in [2.24, 2.45) is 11.8 Å². The lowest BCUT2D eigenvalue weighted by atomic mass is 9.81. The fourth-order valence-corrected chi connectivity index (χ4v) is 3.75. The summed E-state index contributed by atoms with van der Waals surface area (Å²) in [6.07, 6.45) is 2.00. The first-order chi connectivity index (χ1) is 11.0. The molecular weight excluding hydrogens is 284 g/mol. The Balaban J connectivity index is 1.86. The van der Waals surface area contributed by atoms with Crippen LogP contribution < -0.4 is 0 Å². The SMILES string of the molecule is CC(C)[C@@H]1C[C@]1(O)CCC(O)(c1ccccc1)c1ccccc1. The fourth-order valence-electron chi connectivity index (χ4n) is 3.75. The van der Waals surface area contributed by atoms with Crippen LogP contribution in [-0.4, -0.2) is 15.8 Å². The van der Waals surface area contributed by atoms with Crippen molar-refractivity contribution in [2.45, 2.75) is 44.3 Å². The fraction of sp³-hybridized carbons (Fsp3) is 0.429. The summed E-state index contributed by atoms with van der Waals surface area (Å²) in [5.41, 5.74) is 0.113. The predicted octanol–water partition coefficient (Wildman–Crippen LogP) is 4.11. The second-order valence-electron chi connectivity index (χ2n) is 7.25. The Kier molecular flexibility index (Phi) is 4.31. The number of rotatable bonds is 6. The van der Waals surface area contributed by atoms with E-state index in [0.29, 0.717) is 24.7 Å². The van der Waals surface area contributed by atoms with Crippen LogP contribution >= 0.6 is 0 Å². The maximum atomic E-state index is 11.5. The molecule has 2 aromatic carbocycles. The van der Waals surface area contributed by atoms with Gasteiger partial charge in [0.05, 0.1) is 5.60 Å². The van der Waals surface area contributed by atoms with Crippen molar-refractivity contribution in [2.75, 3.05) is 0 Å². The monoisotopic (exact) mass is 310 g/mol. The molecule has 2 atom stereocenters. The summed E-state index contributed by atoms with van der Waals surface area (Å²) < 4.78 is 0. The molecule has 2 heteroatoms. The summed E-state index contributed by atoms with van der Waals surface area (Å²) in [5, 5.41) is 22.2. The zero-order valence-electron chi connectivity index (χ0n) is 13.9. The van der Waals surface area contributed by atoms with Gasteiger partial charge in [-0.3, -0.25) is 0 Å². The standard InChI is InChI=1S/C21H26O2/c1-16(2)19-15-20(19,22)13-14-21(23,17-9-5-3-6-10-17)18-11-7-4-8-12-18/h3-12,16,19,22-23H,13-15H2,1-2H3/t19-,20+/m0/s1. The third-order valence-electron chi connectivity index (χ3n) is 5.33. The molecule has 0 aromatic heterocycles. The van der Waals surface area contributed by atoms with Crippen LogP contribution in [0.3, 0.4) is 0 Å². The molecule has 2 aromatic rings. The van der Waals surface area contributed by atoms with Crippen LogP contribution in [0.4, 0.5) is 0 Å². The van der Waals surface area contributed by atoms with Crippen LogP contribution in [0.2, 0.25) is 0 Å². The van der Waals surface area contributed by atoms with Crippen LogP contribution in [-0.2, 0) is 5.60 Å². The van der Waals surface area contributed by atoms with Gasteiger partial charge in [0.25, 0.3) is 0 Å². The Bertz CT molecular complexity index is 596. The first kappa shape index (κ1) is 16.2. The second kappa shape index (κ2) is 6.10. The van der Waals surface area contributed by atoms with Crippen LogP contribution in [0.5, 0.6) is 0 Å². The minimum Gasteiger partial charge on any atom is -0.390 e. The quantitative estimate of drug-likeness (QED) is 0.843. The summed E-state index contributed by atoms with van der Waals surface area (Å²) in [5.74, 6) is 0.847. The smallest absolute Gasteiger partial charge is 0.115 e. The molecule has 0 aliphatic heterocycles. The Morgan fingerprint density at radius 3 is 1.87 bits per heavy atom. The minimum atomic E-state index is -1.05. The van der Waals surface area contributed by atoms with E-state index in [0.717, 1.165) is 17.5 Å². The molecule has 0 radical (unpaired) electrons. The highest BCUT2D eigenvalue weighted by atomic mass is 16.3. The largest absolute Gasteiger partial charge is 0.390 e. The zero-order valence-corrected chi connectivity index (χ0v) is 13.9. The molecule has 0 saturated heterocycles. The van der Waals surface area contributed by atoms with Gasteiger partial charge >= 0.3 is 0 Å². The Morgan fingerprint density at radius 2 is 1.48 bits per heavy atom. The lowest BCUT2D eigenvalue weighted by Crippen LogP contribution is -2.30. The molecule has 0 spiro atoms. The van der Waals surface area contributed by atoms with Crippen molar-refractivity contribution in [1.82, 2.24) is 0 Å². The average molecular weight is 310 g/mol. The third-order valence-corrected chi connectivity index (χ3v) is 5.33. The summed E-state index contributed by atoms with van der Waals surface area (Å²) in [4.78, 5) is 0. The molecule has 23 heavy (non-hydrogen) atoms. The van der Waals surface area contributed by atoms with Crippen molar-refractivity contribution >= 4 is 0 Å². The summed E-state index contributed by atoms with van der Waals surface area (Å²) in [6, 6.07) is 19.6. The maximum Gasteiger partial charge on any atom is 0.115 e. The number of aliphatic hydroxyl groups is 2. The van der Waals surface area contributed by atoms with E-state index in [1.54, 1.807) is 0 Å². The molecule has 0 heterocycles. The Labute approximate surface area is 138 Å². The molecule has 2 nitrogen and oxygen atoms in total. The van der Waals surface area contributed by atoms with Crippen LogP contribution in [0.25, 0.3) is 0 Å². The molecule has 1 fully saturated rings. The third kappa shape index (κ3) is 3.19. The normalized spacial score (nSPS) is 24.0. The van der Waals surface area contributed by atoms with Gasteiger partial charge in [0.2, 0.25) is 0 Å². The molecule has 1 aliphatic carbocycles. The van der Waals surface area contributed by atoms with Gasteiger partial charge in [0.1, 0.15) is 5.60 Å². The Morgan fingerprint density at radius 1 is 1.00 bits per heavy atom. The van der Waals surface area contributed by atoms with Gasteiger partial charge in [0.15, 0.2) is 0 Å². The van der Waals surface area contributed by atoms with E-state index in [-0.39, 0.29) is 0 Å². The van der Waals surface area contributed by atoms with Gasteiger partial charge in [-0.25, -0.2) is 0 Å². The van der Waals surface area contributed by atoms with E-state index in [1.807, 2.05) is 60.7 Å². The van der Waals surface area contributed by atoms with E-state index in [1.165, 1.54) is 0 Å². The van der Waals surface area contributed by atoms with Crippen LogP contribution in [0.15, 0.2) is 60.7 Å². The molecule has 0 unspecified atom stereocenters. The minimum absolute atomic E-state index is 0.360. The molecule has 0 bridgehead atoms. The molecule has 0 amide bonds. The molecular formula is C21H26O2. The van der Waals surface area contributed by atoms with Crippen molar-refractivity contribution in [3.05, 3.63) is 71.8 Å². The van der Waals surface area contributed by atoms with E-state index in [4.69, 9.17) is 0 Å². The van der Waals surface area contributed by atoms with Gasteiger partial charge in [-0.1, -0.05) is 74.5 Å². The van der Waals surface area contributed by atoms with Crippen molar-refractivity contribution in [1.29, 1.82) is 0 Å². The van der Waals surface area contributed by atoms with E-state index in [9.17, 15) is 10.2 Å². The summed E-state index contributed by atoms with van der Waals surface area (Å²) >= 11 is 0. The van der Waals surface area contributed by atoms with Gasteiger partial charge in [-0.15, -0.1) is 0 Å². The van der Waals surface area contributed by atoms with Gasteiger partial charge in [-0.2, -0.15) is 0 Å². The predicted molar refractivity (Wildman–Crippen MR) is 93.0 cm³/mol. The highest BCUT2D eigenvalue weighted by Crippen LogP contribution is 2.52. The van der Waals surface area contributed by atoms with E-state index in [2.05, 4.69) is 13.8 Å².